The number of carbonyl (C=O) groups excluding carboxylic acids is 1. The second-order valence-electron chi connectivity index (χ2n) is 6.43. The molecule has 0 spiro atoms. The lowest BCUT2D eigenvalue weighted by Gasteiger charge is -2.20. The van der Waals surface area contributed by atoms with Crippen molar-refractivity contribution in [1.29, 1.82) is 0 Å². The van der Waals surface area contributed by atoms with Crippen molar-refractivity contribution in [1.82, 2.24) is 24.8 Å². The molecule has 132 valence electrons. The van der Waals surface area contributed by atoms with E-state index in [1.165, 1.54) is 0 Å². The van der Waals surface area contributed by atoms with Gasteiger partial charge in [0.15, 0.2) is 0 Å². The van der Waals surface area contributed by atoms with Crippen molar-refractivity contribution < 1.29 is 4.79 Å². The van der Waals surface area contributed by atoms with Crippen molar-refractivity contribution >= 4 is 11.7 Å². The molecule has 0 aliphatic carbocycles. The summed E-state index contributed by atoms with van der Waals surface area (Å²) in [6.45, 7) is 3.34. The van der Waals surface area contributed by atoms with Gasteiger partial charge in [0.1, 0.15) is 17.3 Å². The Kier molecular flexibility index (Phi) is 5.53. The third-order valence-corrected chi connectivity index (χ3v) is 4.59. The van der Waals surface area contributed by atoms with Gasteiger partial charge in [0.2, 0.25) is 0 Å². The van der Waals surface area contributed by atoms with Crippen molar-refractivity contribution in [3.63, 3.8) is 0 Å². The summed E-state index contributed by atoms with van der Waals surface area (Å²) >= 11 is 0. The second-order valence-corrected chi connectivity index (χ2v) is 6.43. The largest absolute Gasteiger partial charge is 0.372 e. The van der Waals surface area contributed by atoms with E-state index in [-0.39, 0.29) is 5.91 Å². The summed E-state index contributed by atoms with van der Waals surface area (Å²) in [6, 6.07) is 1.69. The van der Waals surface area contributed by atoms with Gasteiger partial charge in [0.05, 0.1) is 18.1 Å². The van der Waals surface area contributed by atoms with E-state index in [1.807, 2.05) is 18.1 Å². The number of aryl methyl sites for hydroxylation is 1. The highest BCUT2D eigenvalue weighted by Crippen LogP contribution is 2.22. The molecule has 1 aliphatic heterocycles. The highest BCUT2D eigenvalue weighted by molar-refractivity contribution is 5.92. The van der Waals surface area contributed by atoms with Crippen molar-refractivity contribution in [2.45, 2.75) is 32.6 Å². The number of hydrogen-bond acceptors (Lipinski definition) is 6. The first kappa shape index (κ1) is 17.3. The van der Waals surface area contributed by atoms with Crippen LogP contribution in [0.25, 0.3) is 0 Å². The molecule has 1 fully saturated rings. The summed E-state index contributed by atoms with van der Waals surface area (Å²) in [5.74, 6) is 1.94. The van der Waals surface area contributed by atoms with Crippen molar-refractivity contribution in [3.05, 3.63) is 41.9 Å². The molecule has 7 heteroatoms. The highest BCUT2D eigenvalue weighted by atomic mass is 16.2. The van der Waals surface area contributed by atoms with Gasteiger partial charge >= 0.3 is 0 Å². The average Bonchev–Trinajstić information content (AvgIpc) is 2.87. The molecule has 0 radical (unpaired) electrons. The standard InChI is InChI=1S/C18H24N6O/c1-13-20-7-5-16(23-13)18(25)24-8-3-4-14(6-9-24)10-15-11-22-17(19-2)12-21-15/h5,7,11-12,14H,3-4,6,8-10H2,1-2H3,(H,19,22)/t14-/m1/s1. The molecule has 2 aromatic heterocycles. The first-order valence-corrected chi connectivity index (χ1v) is 8.73. The number of nitrogens with zero attached hydrogens (tertiary/aromatic N) is 5. The average molecular weight is 340 g/mol. The maximum absolute atomic E-state index is 12.6. The third kappa shape index (κ3) is 4.49. The summed E-state index contributed by atoms with van der Waals surface area (Å²) < 4.78 is 0. The van der Waals surface area contributed by atoms with Gasteiger partial charge in [-0.25, -0.2) is 15.0 Å². The van der Waals surface area contributed by atoms with Crippen LogP contribution in [-0.2, 0) is 6.42 Å². The zero-order valence-electron chi connectivity index (χ0n) is 14.8. The van der Waals surface area contributed by atoms with Crippen LogP contribution in [0.2, 0.25) is 0 Å². The Balaban J connectivity index is 1.59. The number of nitrogens with one attached hydrogen (secondary N) is 1. The van der Waals surface area contributed by atoms with E-state index in [0.29, 0.717) is 17.4 Å². The lowest BCUT2D eigenvalue weighted by Crippen LogP contribution is -2.32. The van der Waals surface area contributed by atoms with Gasteiger partial charge in [-0.05, 0) is 44.6 Å². The van der Waals surface area contributed by atoms with E-state index in [9.17, 15) is 4.79 Å². The molecule has 1 amide bonds. The lowest BCUT2D eigenvalue weighted by molar-refractivity contribution is 0.0753. The van der Waals surface area contributed by atoms with Gasteiger partial charge in [0.25, 0.3) is 5.91 Å². The molecule has 0 unspecified atom stereocenters. The zero-order valence-corrected chi connectivity index (χ0v) is 14.8. The van der Waals surface area contributed by atoms with Gasteiger partial charge in [-0.3, -0.25) is 9.78 Å². The fourth-order valence-corrected chi connectivity index (χ4v) is 3.19. The van der Waals surface area contributed by atoms with Crippen LogP contribution in [0.15, 0.2) is 24.7 Å². The zero-order chi connectivity index (χ0) is 17.6. The second kappa shape index (κ2) is 8.00. The number of amides is 1. The van der Waals surface area contributed by atoms with E-state index >= 15 is 0 Å². The molecule has 1 atom stereocenters. The number of hydrogen-bond donors (Lipinski definition) is 1. The van der Waals surface area contributed by atoms with Gasteiger partial charge in [-0.1, -0.05) is 0 Å². The van der Waals surface area contributed by atoms with Crippen LogP contribution in [-0.4, -0.2) is 50.9 Å². The normalized spacial score (nSPS) is 17.8. The molecule has 0 aromatic carbocycles. The third-order valence-electron chi connectivity index (χ3n) is 4.59. The molecule has 0 bridgehead atoms. The molecule has 1 saturated heterocycles. The van der Waals surface area contributed by atoms with E-state index < -0.39 is 0 Å². The highest BCUT2D eigenvalue weighted by Gasteiger charge is 2.23. The van der Waals surface area contributed by atoms with E-state index in [1.54, 1.807) is 25.4 Å². The first-order valence-electron chi connectivity index (χ1n) is 8.73. The maximum Gasteiger partial charge on any atom is 0.272 e. The first-order chi connectivity index (χ1) is 12.2. The minimum atomic E-state index is 0.00400. The molecule has 1 N–H and O–H groups in total. The van der Waals surface area contributed by atoms with Crippen LogP contribution in [0.4, 0.5) is 5.82 Å². The monoisotopic (exact) mass is 340 g/mol. The predicted molar refractivity (Wildman–Crippen MR) is 95.3 cm³/mol. The Labute approximate surface area is 147 Å². The summed E-state index contributed by atoms with van der Waals surface area (Å²) in [5.41, 5.74) is 1.50. The van der Waals surface area contributed by atoms with Crippen LogP contribution in [0, 0.1) is 12.8 Å². The molecule has 1 aliphatic rings. The Morgan fingerprint density at radius 2 is 2.12 bits per heavy atom. The number of rotatable bonds is 4. The molecule has 7 nitrogen and oxygen atoms in total. The molecule has 0 saturated carbocycles. The number of likely N-dealkylation sites (tertiary alicyclic amines) is 1. The summed E-state index contributed by atoms with van der Waals surface area (Å²) in [5, 5.41) is 2.98. The molecule has 2 aromatic rings. The summed E-state index contributed by atoms with van der Waals surface area (Å²) in [4.78, 5) is 31.7. The molecule has 3 rings (SSSR count). The Morgan fingerprint density at radius 3 is 2.84 bits per heavy atom. The van der Waals surface area contributed by atoms with E-state index in [4.69, 9.17) is 0 Å². The van der Waals surface area contributed by atoms with Crippen molar-refractivity contribution in [3.8, 4) is 0 Å². The Morgan fingerprint density at radius 1 is 1.24 bits per heavy atom. The molecular formula is C18H24N6O. The lowest BCUT2D eigenvalue weighted by atomic mass is 9.95. The van der Waals surface area contributed by atoms with Crippen LogP contribution in [0.1, 0.15) is 41.3 Å². The van der Waals surface area contributed by atoms with Crippen LogP contribution < -0.4 is 5.32 Å². The minimum absolute atomic E-state index is 0.00400. The maximum atomic E-state index is 12.6. The van der Waals surface area contributed by atoms with Crippen LogP contribution >= 0.6 is 0 Å². The summed E-state index contributed by atoms with van der Waals surface area (Å²) in [6.07, 6.45) is 9.23. The van der Waals surface area contributed by atoms with Crippen molar-refractivity contribution in [2.75, 3.05) is 25.5 Å². The number of aromatic nitrogens is 4. The van der Waals surface area contributed by atoms with Gasteiger partial charge in [0, 0.05) is 26.3 Å². The van der Waals surface area contributed by atoms with E-state index in [2.05, 4.69) is 25.3 Å². The van der Waals surface area contributed by atoms with Crippen molar-refractivity contribution in [2.24, 2.45) is 5.92 Å². The predicted octanol–water partition coefficient (Wildman–Crippen LogP) is 2.10. The van der Waals surface area contributed by atoms with E-state index in [0.717, 1.165) is 50.3 Å². The fourth-order valence-electron chi connectivity index (χ4n) is 3.19. The van der Waals surface area contributed by atoms with Crippen LogP contribution in [0.3, 0.4) is 0 Å². The fraction of sp³-hybridized carbons (Fsp3) is 0.500. The number of carbonyl (C=O) groups is 1. The quantitative estimate of drug-likeness (QED) is 0.917. The Bertz CT molecular complexity index is 718. The SMILES string of the molecule is CNc1cnc(C[C@@H]2CCCN(C(=O)c3ccnc(C)n3)CC2)cn1. The van der Waals surface area contributed by atoms with Gasteiger partial charge in [-0.15, -0.1) is 0 Å². The van der Waals surface area contributed by atoms with Crippen LogP contribution in [0.5, 0.6) is 0 Å². The molecular weight excluding hydrogens is 316 g/mol. The number of anilines is 1. The topological polar surface area (TPSA) is 83.9 Å². The molecule has 3 heterocycles. The Hall–Kier alpha value is -2.57. The van der Waals surface area contributed by atoms with Gasteiger partial charge in [-0.2, -0.15) is 0 Å². The molecule has 25 heavy (non-hydrogen) atoms. The van der Waals surface area contributed by atoms with Gasteiger partial charge < -0.3 is 10.2 Å². The minimum Gasteiger partial charge on any atom is -0.372 e. The summed E-state index contributed by atoms with van der Waals surface area (Å²) in [7, 11) is 1.83. The smallest absolute Gasteiger partial charge is 0.272 e.